The molecular formula is C20H21N5O3. The summed E-state index contributed by atoms with van der Waals surface area (Å²) < 4.78 is 1.30. The average Bonchev–Trinajstić information content (AvgIpc) is 3.22. The molecule has 1 atom stereocenters. The van der Waals surface area contributed by atoms with Crippen molar-refractivity contribution in [2.24, 2.45) is 5.92 Å². The normalized spacial score (nSPS) is 12.0. The molecule has 1 aromatic heterocycles. The molecule has 0 spiro atoms. The lowest BCUT2D eigenvalue weighted by molar-refractivity contribution is -0.384. The summed E-state index contributed by atoms with van der Waals surface area (Å²) in [6.45, 7) is 4.17. The van der Waals surface area contributed by atoms with E-state index in [4.69, 9.17) is 0 Å². The van der Waals surface area contributed by atoms with E-state index < -0.39 is 4.92 Å². The van der Waals surface area contributed by atoms with Gasteiger partial charge in [0.2, 0.25) is 0 Å². The highest BCUT2D eigenvalue weighted by Crippen LogP contribution is 2.25. The van der Waals surface area contributed by atoms with Crippen molar-refractivity contribution < 1.29 is 9.72 Å². The van der Waals surface area contributed by atoms with Gasteiger partial charge in [0.25, 0.3) is 11.6 Å². The minimum Gasteiger partial charge on any atom is -0.345 e. The van der Waals surface area contributed by atoms with E-state index in [1.807, 2.05) is 30.3 Å². The topological polar surface area (TPSA) is 103 Å². The molecular weight excluding hydrogens is 358 g/mol. The zero-order chi connectivity index (χ0) is 20.1. The molecule has 0 bridgehead atoms. The molecule has 3 rings (SSSR count). The van der Waals surface area contributed by atoms with Gasteiger partial charge in [-0.05, 0) is 30.0 Å². The first-order valence-corrected chi connectivity index (χ1v) is 8.95. The SMILES string of the molecule is CC(C)CC(NC(=O)c1ccc(-n2cncn2)c([N+](=O)[O-])c1)c1ccccc1. The molecule has 1 heterocycles. The average molecular weight is 379 g/mol. The summed E-state index contributed by atoms with van der Waals surface area (Å²) in [6.07, 6.45) is 3.42. The number of carbonyl (C=O) groups excluding carboxylic acids is 1. The summed E-state index contributed by atoms with van der Waals surface area (Å²) in [5, 5.41) is 18.4. The van der Waals surface area contributed by atoms with Crippen LogP contribution in [-0.2, 0) is 0 Å². The highest BCUT2D eigenvalue weighted by molar-refractivity contribution is 5.95. The molecule has 0 aliphatic carbocycles. The fourth-order valence-corrected chi connectivity index (χ4v) is 3.01. The van der Waals surface area contributed by atoms with Gasteiger partial charge >= 0.3 is 0 Å². The Labute approximate surface area is 162 Å². The Balaban J connectivity index is 1.88. The third-order valence-corrected chi connectivity index (χ3v) is 4.31. The summed E-state index contributed by atoms with van der Waals surface area (Å²) in [7, 11) is 0. The standard InChI is InChI=1S/C20H21N5O3/c1-14(2)10-17(15-6-4-3-5-7-15)23-20(26)16-8-9-18(19(11-16)25(27)28)24-13-21-12-22-24/h3-9,11-14,17H,10H2,1-2H3,(H,23,26). The van der Waals surface area contributed by atoms with Gasteiger partial charge in [0, 0.05) is 11.6 Å². The van der Waals surface area contributed by atoms with Gasteiger partial charge in [-0.15, -0.1) is 0 Å². The summed E-state index contributed by atoms with van der Waals surface area (Å²) >= 11 is 0. The zero-order valence-electron chi connectivity index (χ0n) is 15.6. The first-order chi connectivity index (χ1) is 13.5. The van der Waals surface area contributed by atoms with E-state index in [1.165, 1.54) is 29.5 Å². The molecule has 2 aromatic carbocycles. The Kier molecular flexibility index (Phi) is 5.78. The Hall–Kier alpha value is -3.55. The second-order valence-corrected chi connectivity index (χ2v) is 6.87. The molecule has 1 N–H and O–H groups in total. The maximum atomic E-state index is 12.8. The number of aromatic nitrogens is 3. The van der Waals surface area contributed by atoms with Crippen molar-refractivity contribution in [3.63, 3.8) is 0 Å². The van der Waals surface area contributed by atoms with Crippen LogP contribution in [0.25, 0.3) is 5.69 Å². The Morgan fingerprint density at radius 3 is 2.57 bits per heavy atom. The van der Waals surface area contributed by atoms with E-state index in [0.29, 0.717) is 5.92 Å². The molecule has 0 radical (unpaired) electrons. The number of rotatable bonds is 7. The van der Waals surface area contributed by atoms with Crippen LogP contribution in [0.5, 0.6) is 0 Å². The highest BCUT2D eigenvalue weighted by Gasteiger charge is 2.22. The number of nitro benzene ring substituents is 1. The number of amides is 1. The van der Waals surface area contributed by atoms with Crippen molar-refractivity contribution in [2.45, 2.75) is 26.3 Å². The number of carbonyl (C=O) groups is 1. The van der Waals surface area contributed by atoms with Gasteiger partial charge in [0.1, 0.15) is 18.3 Å². The third kappa shape index (κ3) is 4.40. The van der Waals surface area contributed by atoms with Crippen molar-refractivity contribution in [3.8, 4) is 5.69 Å². The minimum atomic E-state index is -0.531. The maximum Gasteiger partial charge on any atom is 0.295 e. The summed E-state index contributed by atoms with van der Waals surface area (Å²) in [5.74, 6) is 0.0114. The quantitative estimate of drug-likeness (QED) is 0.498. The van der Waals surface area contributed by atoms with Crippen LogP contribution in [0.3, 0.4) is 0 Å². The van der Waals surface area contributed by atoms with Crippen LogP contribution < -0.4 is 5.32 Å². The zero-order valence-corrected chi connectivity index (χ0v) is 15.6. The van der Waals surface area contributed by atoms with Crippen molar-refractivity contribution in [1.82, 2.24) is 20.1 Å². The molecule has 1 amide bonds. The molecule has 28 heavy (non-hydrogen) atoms. The Bertz CT molecular complexity index is 955. The lowest BCUT2D eigenvalue weighted by atomic mass is 9.96. The van der Waals surface area contributed by atoms with E-state index in [-0.39, 0.29) is 28.9 Å². The van der Waals surface area contributed by atoms with Gasteiger partial charge in [0.15, 0.2) is 0 Å². The lowest BCUT2D eigenvalue weighted by Gasteiger charge is -2.21. The molecule has 8 heteroatoms. The molecule has 0 fully saturated rings. The number of hydrogen-bond donors (Lipinski definition) is 1. The molecule has 0 aliphatic heterocycles. The predicted octanol–water partition coefficient (Wildman–Crippen LogP) is 3.69. The lowest BCUT2D eigenvalue weighted by Crippen LogP contribution is -2.29. The minimum absolute atomic E-state index is 0.178. The van der Waals surface area contributed by atoms with Gasteiger partial charge in [-0.1, -0.05) is 44.2 Å². The predicted molar refractivity (Wildman–Crippen MR) is 104 cm³/mol. The molecule has 3 aromatic rings. The molecule has 144 valence electrons. The number of nitrogens with one attached hydrogen (secondary N) is 1. The monoisotopic (exact) mass is 379 g/mol. The second kappa shape index (κ2) is 8.43. The summed E-state index contributed by atoms with van der Waals surface area (Å²) in [5.41, 5.74) is 1.26. The molecule has 0 saturated heterocycles. The maximum absolute atomic E-state index is 12.8. The van der Waals surface area contributed by atoms with Gasteiger partial charge in [-0.2, -0.15) is 5.10 Å². The smallest absolute Gasteiger partial charge is 0.295 e. The largest absolute Gasteiger partial charge is 0.345 e. The van der Waals surface area contributed by atoms with Crippen molar-refractivity contribution >= 4 is 11.6 Å². The first-order valence-electron chi connectivity index (χ1n) is 8.95. The van der Waals surface area contributed by atoms with E-state index >= 15 is 0 Å². The van der Waals surface area contributed by atoms with Crippen molar-refractivity contribution in [2.75, 3.05) is 0 Å². The summed E-state index contributed by atoms with van der Waals surface area (Å²) in [6, 6.07) is 13.8. The van der Waals surface area contributed by atoms with Crippen LogP contribution in [0.2, 0.25) is 0 Å². The molecule has 1 unspecified atom stereocenters. The van der Waals surface area contributed by atoms with Crippen LogP contribution in [-0.4, -0.2) is 25.6 Å². The molecule has 0 aliphatic rings. The highest BCUT2D eigenvalue weighted by atomic mass is 16.6. The van der Waals surface area contributed by atoms with Crippen LogP contribution in [0.15, 0.2) is 61.2 Å². The second-order valence-electron chi connectivity index (χ2n) is 6.87. The van der Waals surface area contributed by atoms with E-state index in [9.17, 15) is 14.9 Å². The van der Waals surface area contributed by atoms with Crippen LogP contribution in [0.1, 0.15) is 42.2 Å². The Morgan fingerprint density at radius 2 is 1.96 bits per heavy atom. The Morgan fingerprint density at radius 1 is 1.21 bits per heavy atom. The number of hydrogen-bond acceptors (Lipinski definition) is 5. The fraction of sp³-hybridized carbons (Fsp3) is 0.250. The van der Waals surface area contributed by atoms with Crippen LogP contribution in [0.4, 0.5) is 5.69 Å². The van der Waals surface area contributed by atoms with E-state index in [2.05, 4.69) is 29.2 Å². The van der Waals surface area contributed by atoms with Gasteiger partial charge in [-0.25, -0.2) is 9.67 Å². The van der Waals surface area contributed by atoms with Crippen LogP contribution >= 0.6 is 0 Å². The van der Waals surface area contributed by atoms with Crippen molar-refractivity contribution in [3.05, 3.63) is 82.4 Å². The fourth-order valence-electron chi connectivity index (χ4n) is 3.01. The number of nitrogens with zero attached hydrogens (tertiary/aromatic N) is 4. The van der Waals surface area contributed by atoms with E-state index in [1.54, 1.807) is 6.07 Å². The summed E-state index contributed by atoms with van der Waals surface area (Å²) in [4.78, 5) is 27.6. The number of benzene rings is 2. The van der Waals surface area contributed by atoms with Crippen molar-refractivity contribution in [1.29, 1.82) is 0 Å². The number of nitro groups is 1. The first kappa shape index (κ1) is 19.2. The molecule has 0 saturated carbocycles. The van der Waals surface area contributed by atoms with E-state index in [0.717, 1.165) is 12.0 Å². The molecule has 8 nitrogen and oxygen atoms in total. The van der Waals surface area contributed by atoms with Gasteiger partial charge in [-0.3, -0.25) is 14.9 Å². The van der Waals surface area contributed by atoms with Gasteiger partial charge < -0.3 is 5.32 Å². The third-order valence-electron chi connectivity index (χ3n) is 4.31. The van der Waals surface area contributed by atoms with Gasteiger partial charge in [0.05, 0.1) is 11.0 Å². The van der Waals surface area contributed by atoms with Crippen LogP contribution in [0, 0.1) is 16.0 Å².